The summed E-state index contributed by atoms with van der Waals surface area (Å²) in [5.41, 5.74) is -4.49. The van der Waals surface area contributed by atoms with Crippen LogP contribution in [0.5, 0.6) is 0 Å². The van der Waals surface area contributed by atoms with Crippen LogP contribution in [0.25, 0.3) is 0 Å². The van der Waals surface area contributed by atoms with E-state index in [9.17, 15) is 26.7 Å². The molecule has 0 aromatic heterocycles. The van der Waals surface area contributed by atoms with Crippen molar-refractivity contribution in [2.24, 2.45) is 0 Å². The van der Waals surface area contributed by atoms with Crippen LogP contribution < -0.4 is 0 Å². The molecule has 0 aromatic rings. The number of alkyl halides is 5. The third kappa shape index (κ3) is 3.14. The normalized spacial score (nSPS) is 22.8. The quantitative estimate of drug-likeness (QED) is 0.557. The van der Waals surface area contributed by atoms with Crippen LogP contribution in [0.2, 0.25) is 0 Å². The van der Waals surface area contributed by atoms with Crippen LogP contribution >= 0.6 is 0 Å². The first-order chi connectivity index (χ1) is 9.64. The van der Waals surface area contributed by atoms with Crippen molar-refractivity contribution in [1.29, 1.82) is 0 Å². The fourth-order valence-corrected chi connectivity index (χ4v) is 2.40. The fraction of sp³-hybridized carbons (Fsp3) is 0.923. The highest BCUT2D eigenvalue weighted by Crippen LogP contribution is 2.53. The Hall–Kier alpha value is -0.920. The molecule has 0 aromatic carbocycles. The largest absolute Gasteiger partial charge is 0.380 e. The van der Waals surface area contributed by atoms with Gasteiger partial charge in [0.1, 0.15) is 0 Å². The van der Waals surface area contributed by atoms with Gasteiger partial charge in [0.25, 0.3) is 17.8 Å². The number of hydrogen-bond acceptors (Lipinski definition) is 2. The summed E-state index contributed by atoms with van der Waals surface area (Å²) in [5, 5.41) is 0. The van der Waals surface area contributed by atoms with Crippen LogP contribution in [0.15, 0.2) is 0 Å². The third-order valence-corrected chi connectivity index (χ3v) is 3.66. The second-order valence-corrected chi connectivity index (χ2v) is 5.00. The molecule has 0 bridgehead atoms. The molecule has 0 heterocycles. The van der Waals surface area contributed by atoms with Crippen LogP contribution in [-0.2, 0) is 9.53 Å². The number of carbonyl (C=O) groups is 1. The Morgan fingerprint density at radius 1 is 1.10 bits per heavy atom. The second kappa shape index (κ2) is 6.46. The zero-order valence-electron chi connectivity index (χ0n) is 12.1. The number of rotatable bonds is 6. The van der Waals surface area contributed by atoms with Crippen LogP contribution in [0.4, 0.5) is 22.0 Å². The van der Waals surface area contributed by atoms with Crippen LogP contribution in [-0.4, -0.2) is 54.6 Å². The zero-order valence-corrected chi connectivity index (χ0v) is 12.1. The molecule has 0 atom stereocenters. The van der Waals surface area contributed by atoms with Crippen molar-refractivity contribution in [3.8, 4) is 0 Å². The molecule has 0 radical (unpaired) electrons. The molecule has 0 saturated heterocycles. The lowest BCUT2D eigenvalue weighted by molar-refractivity contribution is -0.265. The lowest BCUT2D eigenvalue weighted by atomic mass is 9.78. The van der Waals surface area contributed by atoms with Gasteiger partial charge in [0.15, 0.2) is 0 Å². The standard InChI is InChI=1S/C13H20F5NO2/c1-3-19(8-9-21-4-2)10(20)13(18)11(14,15)6-5-7-12(13,16)17/h3-9H2,1-2H3. The number of halogens is 5. The van der Waals surface area contributed by atoms with Gasteiger partial charge >= 0.3 is 5.67 Å². The van der Waals surface area contributed by atoms with E-state index in [1.807, 2.05) is 0 Å². The Morgan fingerprint density at radius 3 is 2.05 bits per heavy atom. The number of likely N-dealkylation sites (N-methyl/N-ethyl adjacent to an activating group) is 1. The van der Waals surface area contributed by atoms with E-state index in [2.05, 4.69) is 0 Å². The highest BCUT2D eigenvalue weighted by Gasteiger charge is 2.76. The van der Waals surface area contributed by atoms with Crippen molar-refractivity contribution in [3.05, 3.63) is 0 Å². The van der Waals surface area contributed by atoms with E-state index in [-0.39, 0.29) is 19.7 Å². The lowest BCUT2D eigenvalue weighted by Gasteiger charge is -2.43. The van der Waals surface area contributed by atoms with E-state index in [4.69, 9.17) is 4.74 Å². The van der Waals surface area contributed by atoms with Crippen molar-refractivity contribution < 1.29 is 31.5 Å². The molecule has 1 rings (SSSR count). The maximum Gasteiger partial charge on any atom is 0.313 e. The number of ether oxygens (including phenoxy) is 1. The zero-order chi connectivity index (χ0) is 16.3. The Morgan fingerprint density at radius 2 is 1.62 bits per heavy atom. The SMILES string of the molecule is CCOCCN(CC)C(=O)C1(F)C(F)(F)CCCC1(F)F. The maximum absolute atomic E-state index is 14.5. The predicted octanol–water partition coefficient (Wildman–Crippen LogP) is 3.03. The molecule has 0 N–H and O–H groups in total. The van der Waals surface area contributed by atoms with Gasteiger partial charge in [-0.3, -0.25) is 4.79 Å². The summed E-state index contributed by atoms with van der Waals surface area (Å²) in [6.07, 6.45) is -2.65. The smallest absolute Gasteiger partial charge is 0.313 e. The predicted molar refractivity (Wildman–Crippen MR) is 66.3 cm³/mol. The molecule has 1 aliphatic rings. The molecule has 0 spiro atoms. The maximum atomic E-state index is 14.5. The summed E-state index contributed by atoms with van der Waals surface area (Å²) in [5.74, 6) is -10.6. The number of nitrogens with zero attached hydrogens (tertiary/aromatic N) is 1. The molecule has 21 heavy (non-hydrogen) atoms. The van der Waals surface area contributed by atoms with Gasteiger partial charge in [0.05, 0.1) is 6.61 Å². The number of hydrogen-bond donors (Lipinski definition) is 0. The molecule has 8 heteroatoms. The molecule has 0 aliphatic heterocycles. The van der Waals surface area contributed by atoms with E-state index in [0.717, 1.165) is 0 Å². The lowest BCUT2D eigenvalue weighted by Crippen LogP contribution is -2.68. The third-order valence-electron chi connectivity index (χ3n) is 3.66. The summed E-state index contributed by atoms with van der Waals surface area (Å²) in [7, 11) is 0. The van der Waals surface area contributed by atoms with E-state index >= 15 is 0 Å². The number of amides is 1. The minimum Gasteiger partial charge on any atom is -0.380 e. The summed E-state index contributed by atoms with van der Waals surface area (Å²) in [4.78, 5) is 12.7. The Labute approximate surface area is 120 Å². The molecular weight excluding hydrogens is 297 g/mol. The van der Waals surface area contributed by atoms with E-state index < -0.39 is 42.7 Å². The van der Waals surface area contributed by atoms with Crippen molar-refractivity contribution in [2.45, 2.75) is 50.6 Å². The Bertz CT molecular complexity index is 360. The average Bonchev–Trinajstić information content (AvgIpc) is 2.40. The van der Waals surface area contributed by atoms with Crippen LogP contribution in [0, 0.1) is 0 Å². The van der Waals surface area contributed by atoms with Crippen LogP contribution in [0.1, 0.15) is 33.1 Å². The monoisotopic (exact) mass is 317 g/mol. The van der Waals surface area contributed by atoms with Crippen molar-refractivity contribution in [1.82, 2.24) is 4.90 Å². The van der Waals surface area contributed by atoms with Crippen molar-refractivity contribution in [2.75, 3.05) is 26.3 Å². The van der Waals surface area contributed by atoms with Gasteiger partial charge in [-0.1, -0.05) is 0 Å². The fourth-order valence-electron chi connectivity index (χ4n) is 2.40. The molecule has 1 amide bonds. The molecule has 1 saturated carbocycles. The topological polar surface area (TPSA) is 29.5 Å². The summed E-state index contributed by atoms with van der Waals surface area (Å²) >= 11 is 0. The van der Waals surface area contributed by atoms with Crippen molar-refractivity contribution >= 4 is 5.91 Å². The molecule has 124 valence electrons. The summed E-state index contributed by atoms with van der Waals surface area (Å²) in [6, 6.07) is 0. The first kappa shape index (κ1) is 18.1. The summed E-state index contributed by atoms with van der Waals surface area (Å²) in [6.45, 7) is 3.03. The second-order valence-electron chi connectivity index (χ2n) is 5.00. The highest BCUT2D eigenvalue weighted by molar-refractivity contribution is 5.88. The minimum atomic E-state index is -4.49. The first-order valence-corrected chi connectivity index (χ1v) is 6.95. The highest BCUT2D eigenvalue weighted by atomic mass is 19.3. The van der Waals surface area contributed by atoms with Gasteiger partial charge in [0, 0.05) is 32.5 Å². The van der Waals surface area contributed by atoms with Gasteiger partial charge in [-0.2, -0.15) is 0 Å². The van der Waals surface area contributed by atoms with E-state index in [1.165, 1.54) is 6.92 Å². The van der Waals surface area contributed by atoms with Gasteiger partial charge in [-0.05, 0) is 20.3 Å². The van der Waals surface area contributed by atoms with Crippen LogP contribution in [0.3, 0.4) is 0 Å². The molecule has 1 fully saturated rings. The van der Waals surface area contributed by atoms with Gasteiger partial charge in [0.2, 0.25) is 0 Å². The molecule has 1 aliphatic carbocycles. The Kier molecular flexibility index (Phi) is 5.57. The average molecular weight is 317 g/mol. The van der Waals surface area contributed by atoms with Crippen molar-refractivity contribution in [3.63, 3.8) is 0 Å². The molecule has 3 nitrogen and oxygen atoms in total. The number of carbonyl (C=O) groups excluding carboxylic acids is 1. The van der Waals surface area contributed by atoms with E-state index in [0.29, 0.717) is 11.5 Å². The first-order valence-electron chi connectivity index (χ1n) is 6.95. The summed E-state index contributed by atoms with van der Waals surface area (Å²) < 4.78 is 74.5. The molecule has 0 unspecified atom stereocenters. The van der Waals surface area contributed by atoms with Gasteiger partial charge < -0.3 is 9.64 Å². The Balaban J connectivity index is 3.03. The van der Waals surface area contributed by atoms with Gasteiger partial charge in [-0.15, -0.1) is 0 Å². The van der Waals surface area contributed by atoms with E-state index in [1.54, 1.807) is 6.92 Å². The van der Waals surface area contributed by atoms with Gasteiger partial charge in [-0.25, -0.2) is 22.0 Å². The molecular formula is C13H20F5NO2. The minimum absolute atomic E-state index is 0.0245.